The third-order valence-electron chi connectivity index (χ3n) is 4.13. The van der Waals surface area contributed by atoms with Gasteiger partial charge < -0.3 is 10.1 Å². The third kappa shape index (κ3) is 3.64. The van der Waals surface area contributed by atoms with Gasteiger partial charge in [-0.05, 0) is 49.2 Å². The predicted octanol–water partition coefficient (Wildman–Crippen LogP) is 4.96. The average Bonchev–Trinajstić information content (AvgIpc) is 2.62. The number of fused-ring (bicyclic) bond motifs is 1. The van der Waals surface area contributed by atoms with Crippen molar-refractivity contribution in [1.82, 2.24) is 4.98 Å². The molecule has 1 amide bonds. The SMILES string of the molecule is CCc1nc2ccccc2c(C)c1C(=O)Nc1ccc(OC(F)F)cc1. The van der Waals surface area contributed by atoms with E-state index in [0.29, 0.717) is 17.7 Å². The summed E-state index contributed by atoms with van der Waals surface area (Å²) < 4.78 is 28.7. The lowest BCUT2D eigenvalue weighted by molar-refractivity contribution is -0.0498. The van der Waals surface area contributed by atoms with Gasteiger partial charge in [0.1, 0.15) is 5.75 Å². The van der Waals surface area contributed by atoms with Gasteiger partial charge in [-0.25, -0.2) is 0 Å². The van der Waals surface area contributed by atoms with Crippen molar-refractivity contribution in [3.8, 4) is 5.75 Å². The number of carbonyl (C=O) groups is 1. The molecule has 0 fully saturated rings. The third-order valence-corrected chi connectivity index (χ3v) is 4.13. The quantitative estimate of drug-likeness (QED) is 0.703. The Morgan fingerprint density at radius 2 is 1.85 bits per heavy atom. The van der Waals surface area contributed by atoms with E-state index in [1.54, 1.807) is 0 Å². The summed E-state index contributed by atoms with van der Waals surface area (Å²) in [4.78, 5) is 17.4. The molecular weight excluding hydrogens is 338 g/mol. The average molecular weight is 356 g/mol. The highest BCUT2D eigenvalue weighted by molar-refractivity contribution is 6.08. The first-order valence-electron chi connectivity index (χ1n) is 8.24. The van der Waals surface area contributed by atoms with Gasteiger partial charge in [0.05, 0.1) is 16.8 Å². The number of aryl methyl sites for hydroxylation is 2. The van der Waals surface area contributed by atoms with Crippen LogP contribution in [0.25, 0.3) is 10.9 Å². The van der Waals surface area contributed by atoms with E-state index in [9.17, 15) is 13.6 Å². The van der Waals surface area contributed by atoms with Crippen LogP contribution in [0.5, 0.6) is 5.75 Å². The van der Waals surface area contributed by atoms with Crippen LogP contribution in [0.3, 0.4) is 0 Å². The molecule has 1 N–H and O–H groups in total. The van der Waals surface area contributed by atoms with Crippen molar-refractivity contribution in [2.24, 2.45) is 0 Å². The van der Waals surface area contributed by atoms with Crippen LogP contribution in [0.2, 0.25) is 0 Å². The van der Waals surface area contributed by atoms with Gasteiger partial charge in [-0.2, -0.15) is 8.78 Å². The summed E-state index contributed by atoms with van der Waals surface area (Å²) in [5.74, 6) is -0.240. The Morgan fingerprint density at radius 3 is 2.50 bits per heavy atom. The van der Waals surface area contributed by atoms with E-state index in [0.717, 1.165) is 22.2 Å². The topological polar surface area (TPSA) is 51.2 Å². The number of hydrogen-bond acceptors (Lipinski definition) is 3. The van der Waals surface area contributed by atoms with E-state index >= 15 is 0 Å². The second-order valence-corrected chi connectivity index (χ2v) is 5.79. The number of aromatic nitrogens is 1. The first-order valence-corrected chi connectivity index (χ1v) is 8.24. The largest absolute Gasteiger partial charge is 0.435 e. The van der Waals surface area contributed by atoms with Gasteiger partial charge in [0.25, 0.3) is 5.91 Å². The zero-order valence-corrected chi connectivity index (χ0v) is 14.4. The van der Waals surface area contributed by atoms with Gasteiger partial charge in [0.15, 0.2) is 0 Å². The summed E-state index contributed by atoms with van der Waals surface area (Å²) in [5.41, 5.74) is 3.47. The monoisotopic (exact) mass is 356 g/mol. The number of hydrogen-bond donors (Lipinski definition) is 1. The second kappa shape index (κ2) is 7.47. The van der Waals surface area contributed by atoms with Crippen molar-refractivity contribution in [3.05, 3.63) is 65.4 Å². The van der Waals surface area contributed by atoms with Gasteiger partial charge >= 0.3 is 6.61 Å². The molecular formula is C20H18F2N2O2. The van der Waals surface area contributed by atoms with Crippen LogP contribution < -0.4 is 10.1 Å². The molecule has 0 radical (unpaired) electrons. The maximum atomic E-state index is 12.8. The van der Waals surface area contributed by atoms with Crippen LogP contribution in [0.15, 0.2) is 48.5 Å². The second-order valence-electron chi connectivity index (χ2n) is 5.79. The van der Waals surface area contributed by atoms with Crippen LogP contribution in [0.4, 0.5) is 14.5 Å². The summed E-state index contributed by atoms with van der Waals surface area (Å²) in [7, 11) is 0. The van der Waals surface area contributed by atoms with Gasteiger partial charge in [-0.1, -0.05) is 25.1 Å². The molecule has 0 aliphatic carbocycles. The first-order chi connectivity index (χ1) is 12.5. The van der Waals surface area contributed by atoms with E-state index in [-0.39, 0.29) is 11.7 Å². The number of halogens is 2. The number of para-hydroxylation sites is 1. The van der Waals surface area contributed by atoms with E-state index in [2.05, 4.69) is 15.0 Å². The number of amides is 1. The highest BCUT2D eigenvalue weighted by atomic mass is 19.3. The minimum absolute atomic E-state index is 0.0378. The zero-order chi connectivity index (χ0) is 18.7. The number of benzene rings is 2. The minimum atomic E-state index is -2.88. The molecule has 2 aromatic carbocycles. The van der Waals surface area contributed by atoms with Crippen molar-refractivity contribution in [2.45, 2.75) is 26.9 Å². The molecule has 134 valence electrons. The normalized spacial score (nSPS) is 11.0. The standard InChI is InChI=1S/C20H18F2N2O2/c1-3-16-18(12(2)15-6-4-5-7-17(15)24-16)19(25)23-13-8-10-14(11-9-13)26-20(21)22/h4-11,20H,3H2,1-2H3,(H,23,25). The van der Waals surface area contributed by atoms with E-state index in [1.165, 1.54) is 24.3 Å². The predicted molar refractivity (Wildman–Crippen MR) is 96.9 cm³/mol. The van der Waals surface area contributed by atoms with Crippen molar-refractivity contribution in [1.29, 1.82) is 0 Å². The van der Waals surface area contributed by atoms with Gasteiger partial charge in [-0.3, -0.25) is 9.78 Å². The highest BCUT2D eigenvalue weighted by Crippen LogP contribution is 2.25. The number of alkyl halides is 2. The molecule has 1 aromatic heterocycles. The lowest BCUT2D eigenvalue weighted by Gasteiger charge is -2.14. The number of anilines is 1. The van der Waals surface area contributed by atoms with Crippen molar-refractivity contribution < 1.29 is 18.3 Å². The molecule has 0 saturated carbocycles. The first kappa shape index (κ1) is 17.8. The van der Waals surface area contributed by atoms with Crippen LogP contribution >= 0.6 is 0 Å². The van der Waals surface area contributed by atoms with E-state index in [4.69, 9.17) is 0 Å². The smallest absolute Gasteiger partial charge is 0.387 e. The fraction of sp³-hybridized carbons (Fsp3) is 0.200. The summed E-state index contributed by atoms with van der Waals surface area (Å²) in [6.07, 6.45) is 0.621. The molecule has 1 heterocycles. The van der Waals surface area contributed by atoms with Crippen LogP contribution in [-0.2, 0) is 6.42 Å². The summed E-state index contributed by atoms with van der Waals surface area (Å²) in [5, 5.41) is 3.72. The van der Waals surface area contributed by atoms with Gasteiger partial charge in [-0.15, -0.1) is 0 Å². The maximum absolute atomic E-state index is 12.8. The number of pyridine rings is 1. The number of nitrogens with one attached hydrogen (secondary N) is 1. The lowest BCUT2D eigenvalue weighted by atomic mass is 9.99. The number of carbonyl (C=O) groups excluding carboxylic acids is 1. The van der Waals surface area contributed by atoms with Gasteiger partial charge in [0, 0.05) is 11.1 Å². The van der Waals surface area contributed by atoms with E-state index in [1.807, 2.05) is 38.1 Å². The lowest BCUT2D eigenvalue weighted by Crippen LogP contribution is -2.17. The maximum Gasteiger partial charge on any atom is 0.387 e. The molecule has 0 unspecified atom stereocenters. The van der Waals surface area contributed by atoms with Crippen molar-refractivity contribution >= 4 is 22.5 Å². The molecule has 0 aliphatic rings. The fourth-order valence-corrected chi connectivity index (χ4v) is 2.91. The van der Waals surface area contributed by atoms with Crippen molar-refractivity contribution in [3.63, 3.8) is 0 Å². The molecule has 3 rings (SSSR count). The molecule has 6 heteroatoms. The number of ether oxygens (including phenoxy) is 1. The van der Waals surface area contributed by atoms with Crippen LogP contribution in [0, 0.1) is 6.92 Å². The molecule has 0 aliphatic heterocycles. The fourth-order valence-electron chi connectivity index (χ4n) is 2.91. The summed E-state index contributed by atoms with van der Waals surface area (Å²) in [6, 6.07) is 13.5. The Bertz CT molecular complexity index is 940. The molecule has 3 aromatic rings. The van der Waals surface area contributed by atoms with Gasteiger partial charge in [0.2, 0.25) is 0 Å². The Labute approximate surface area is 149 Å². The number of nitrogens with zero attached hydrogens (tertiary/aromatic N) is 1. The molecule has 0 bridgehead atoms. The van der Waals surface area contributed by atoms with Crippen LogP contribution in [-0.4, -0.2) is 17.5 Å². The molecule has 26 heavy (non-hydrogen) atoms. The van der Waals surface area contributed by atoms with E-state index < -0.39 is 6.61 Å². The minimum Gasteiger partial charge on any atom is -0.435 e. The summed E-state index contributed by atoms with van der Waals surface area (Å²) >= 11 is 0. The Balaban J connectivity index is 1.91. The summed E-state index contributed by atoms with van der Waals surface area (Å²) in [6.45, 7) is 0.968. The molecule has 0 saturated heterocycles. The van der Waals surface area contributed by atoms with Crippen molar-refractivity contribution in [2.75, 3.05) is 5.32 Å². The zero-order valence-electron chi connectivity index (χ0n) is 14.4. The molecule has 0 atom stereocenters. The molecule has 4 nitrogen and oxygen atoms in total. The number of rotatable bonds is 5. The van der Waals surface area contributed by atoms with Crippen LogP contribution in [0.1, 0.15) is 28.5 Å². The Morgan fingerprint density at radius 1 is 1.15 bits per heavy atom. The highest BCUT2D eigenvalue weighted by Gasteiger charge is 2.18. The molecule has 0 spiro atoms. The Kier molecular flexibility index (Phi) is 5.11. The Hall–Kier alpha value is -3.02.